The molecule has 0 saturated carbocycles. The number of fused-ring (bicyclic) bond motifs is 1. The van der Waals surface area contributed by atoms with Crippen LogP contribution in [0.2, 0.25) is 0 Å². The summed E-state index contributed by atoms with van der Waals surface area (Å²) in [5.41, 5.74) is 0.759. The van der Waals surface area contributed by atoms with Crippen molar-refractivity contribution in [1.82, 2.24) is 10.2 Å². The van der Waals surface area contributed by atoms with Crippen molar-refractivity contribution in [3.05, 3.63) is 35.6 Å². The summed E-state index contributed by atoms with van der Waals surface area (Å²) >= 11 is 0. The van der Waals surface area contributed by atoms with Crippen molar-refractivity contribution in [2.75, 3.05) is 19.6 Å². The molecule has 1 amide bonds. The van der Waals surface area contributed by atoms with Gasteiger partial charge in [0.15, 0.2) is 0 Å². The second-order valence-electron chi connectivity index (χ2n) is 5.17. The van der Waals surface area contributed by atoms with E-state index in [4.69, 9.17) is 0 Å². The molecule has 2 atom stereocenters. The van der Waals surface area contributed by atoms with Gasteiger partial charge in [0.1, 0.15) is 5.82 Å². The molecule has 0 bridgehead atoms. The Balaban J connectivity index is 1.68. The molecule has 0 spiro atoms. The number of nitrogens with one attached hydrogen (secondary N) is 1. The van der Waals surface area contributed by atoms with Gasteiger partial charge in [-0.2, -0.15) is 0 Å². The Morgan fingerprint density at radius 2 is 2.33 bits per heavy atom. The van der Waals surface area contributed by atoms with Gasteiger partial charge in [0.25, 0.3) is 0 Å². The highest BCUT2D eigenvalue weighted by Gasteiger charge is 2.39. The standard InChI is InChI=1S/C14H17FN2O/c15-12-3-1-2-10(6-12)7-14(18)17-5-4-11-8-16-9-13(11)17/h1-3,6,11,13,16H,4-5,7-9H2/t11-,13+/m1/s1. The molecule has 1 N–H and O–H groups in total. The molecule has 0 radical (unpaired) electrons. The van der Waals surface area contributed by atoms with E-state index in [0.717, 1.165) is 31.6 Å². The fourth-order valence-electron chi connectivity index (χ4n) is 3.08. The van der Waals surface area contributed by atoms with Gasteiger partial charge in [-0.15, -0.1) is 0 Å². The zero-order chi connectivity index (χ0) is 12.5. The highest BCUT2D eigenvalue weighted by molar-refractivity contribution is 5.79. The number of nitrogens with zero attached hydrogens (tertiary/aromatic N) is 1. The molecular formula is C14H17FN2O. The van der Waals surface area contributed by atoms with Gasteiger partial charge in [-0.3, -0.25) is 4.79 Å². The largest absolute Gasteiger partial charge is 0.338 e. The van der Waals surface area contributed by atoms with E-state index in [1.165, 1.54) is 12.1 Å². The van der Waals surface area contributed by atoms with Crippen LogP contribution in [0.1, 0.15) is 12.0 Å². The molecule has 96 valence electrons. The van der Waals surface area contributed by atoms with Crippen molar-refractivity contribution in [3.8, 4) is 0 Å². The van der Waals surface area contributed by atoms with E-state index in [1.807, 2.05) is 4.90 Å². The van der Waals surface area contributed by atoms with Gasteiger partial charge >= 0.3 is 0 Å². The van der Waals surface area contributed by atoms with Crippen LogP contribution >= 0.6 is 0 Å². The maximum atomic E-state index is 13.1. The summed E-state index contributed by atoms with van der Waals surface area (Å²) in [7, 11) is 0. The van der Waals surface area contributed by atoms with Crippen molar-refractivity contribution in [2.45, 2.75) is 18.9 Å². The highest BCUT2D eigenvalue weighted by atomic mass is 19.1. The van der Waals surface area contributed by atoms with E-state index in [0.29, 0.717) is 18.4 Å². The number of amides is 1. The summed E-state index contributed by atoms with van der Waals surface area (Å²) in [6.07, 6.45) is 1.40. The molecule has 2 heterocycles. The molecule has 3 nitrogen and oxygen atoms in total. The quantitative estimate of drug-likeness (QED) is 0.852. The topological polar surface area (TPSA) is 32.3 Å². The maximum absolute atomic E-state index is 13.1. The lowest BCUT2D eigenvalue weighted by molar-refractivity contribution is -0.131. The lowest BCUT2D eigenvalue weighted by Crippen LogP contribution is -2.39. The minimum absolute atomic E-state index is 0.122. The first kappa shape index (κ1) is 11.7. The molecule has 3 rings (SSSR count). The molecule has 4 heteroatoms. The lowest BCUT2D eigenvalue weighted by Gasteiger charge is -2.23. The third kappa shape index (κ3) is 2.12. The zero-order valence-corrected chi connectivity index (χ0v) is 10.2. The molecular weight excluding hydrogens is 231 g/mol. The van der Waals surface area contributed by atoms with Crippen LogP contribution in [0.5, 0.6) is 0 Å². The van der Waals surface area contributed by atoms with Crippen molar-refractivity contribution in [2.24, 2.45) is 5.92 Å². The van der Waals surface area contributed by atoms with Gasteiger partial charge in [-0.1, -0.05) is 12.1 Å². The maximum Gasteiger partial charge on any atom is 0.227 e. The Bertz CT molecular complexity index is 463. The van der Waals surface area contributed by atoms with Gasteiger partial charge in [0.2, 0.25) is 5.91 Å². The van der Waals surface area contributed by atoms with Crippen LogP contribution in [-0.2, 0) is 11.2 Å². The van der Waals surface area contributed by atoms with E-state index in [-0.39, 0.29) is 11.7 Å². The third-order valence-corrected chi connectivity index (χ3v) is 4.01. The normalized spacial score (nSPS) is 26.4. The van der Waals surface area contributed by atoms with Crippen LogP contribution < -0.4 is 5.32 Å². The minimum atomic E-state index is -0.276. The lowest BCUT2D eigenvalue weighted by atomic mass is 10.0. The van der Waals surface area contributed by atoms with Crippen molar-refractivity contribution in [1.29, 1.82) is 0 Å². The Kier molecular flexibility index (Phi) is 3.04. The highest BCUT2D eigenvalue weighted by Crippen LogP contribution is 2.27. The van der Waals surface area contributed by atoms with E-state index in [1.54, 1.807) is 12.1 Å². The van der Waals surface area contributed by atoms with Crippen molar-refractivity contribution in [3.63, 3.8) is 0 Å². The third-order valence-electron chi connectivity index (χ3n) is 4.01. The van der Waals surface area contributed by atoms with E-state index in [2.05, 4.69) is 5.32 Å². The van der Waals surface area contributed by atoms with Crippen molar-refractivity contribution < 1.29 is 9.18 Å². The summed E-state index contributed by atoms with van der Waals surface area (Å²) in [5.74, 6) is 0.459. The fourth-order valence-corrected chi connectivity index (χ4v) is 3.08. The van der Waals surface area contributed by atoms with E-state index >= 15 is 0 Å². The van der Waals surface area contributed by atoms with Crippen molar-refractivity contribution >= 4 is 5.91 Å². The SMILES string of the molecule is O=C(Cc1cccc(F)c1)N1CC[C@@H]2CNC[C@@H]21. The molecule has 2 aliphatic rings. The molecule has 0 aliphatic carbocycles. The molecule has 1 aromatic rings. The van der Waals surface area contributed by atoms with Crippen LogP contribution in [0.4, 0.5) is 4.39 Å². The molecule has 0 aromatic heterocycles. The minimum Gasteiger partial charge on any atom is -0.338 e. The molecule has 18 heavy (non-hydrogen) atoms. The Morgan fingerprint density at radius 1 is 1.44 bits per heavy atom. The fraction of sp³-hybridized carbons (Fsp3) is 0.500. The van der Waals surface area contributed by atoms with Gasteiger partial charge in [0, 0.05) is 25.7 Å². The molecule has 2 aliphatic heterocycles. The summed E-state index contributed by atoms with van der Waals surface area (Å²) < 4.78 is 13.1. The Hall–Kier alpha value is -1.42. The molecule has 2 saturated heterocycles. The number of benzene rings is 1. The first-order valence-corrected chi connectivity index (χ1v) is 6.48. The number of halogens is 1. The summed E-state index contributed by atoms with van der Waals surface area (Å²) in [4.78, 5) is 14.2. The van der Waals surface area contributed by atoms with Crippen LogP contribution in [0.25, 0.3) is 0 Å². The predicted molar refractivity (Wildman–Crippen MR) is 66.6 cm³/mol. The van der Waals surface area contributed by atoms with Gasteiger partial charge in [-0.05, 0) is 30.0 Å². The van der Waals surface area contributed by atoms with Crippen LogP contribution in [0, 0.1) is 11.7 Å². The van der Waals surface area contributed by atoms with Crippen LogP contribution in [-0.4, -0.2) is 36.5 Å². The second-order valence-corrected chi connectivity index (χ2v) is 5.17. The molecule has 2 fully saturated rings. The van der Waals surface area contributed by atoms with Gasteiger partial charge in [-0.25, -0.2) is 4.39 Å². The average molecular weight is 248 g/mol. The first-order valence-electron chi connectivity index (χ1n) is 6.48. The average Bonchev–Trinajstić information content (AvgIpc) is 2.89. The summed E-state index contributed by atoms with van der Waals surface area (Å²) in [5, 5.41) is 3.33. The zero-order valence-electron chi connectivity index (χ0n) is 10.2. The molecule has 1 aromatic carbocycles. The first-order chi connectivity index (χ1) is 8.74. The van der Waals surface area contributed by atoms with Gasteiger partial charge < -0.3 is 10.2 Å². The van der Waals surface area contributed by atoms with E-state index in [9.17, 15) is 9.18 Å². The Labute approximate surface area is 106 Å². The number of hydrogen-bond acceptors (Lipinski definition) is 2. The number of rotatable bonds is 2. The monoisotopic (exact) mass is 248 g/mol. The smallest absolute Gasteiger partial charge is 0.227 e. The van der Waals surface area contributed by atoms with Crippen LogP contribution in [0.3, 0.4) is 0 Å². The van der Waals surface area contributed by atoms with Gasteiger partial charge in [0.05, 0.1) is 6.42 Å². The number of carbonyl (C=O) groups excluding carboxylic acids is 1. The van der Waals surface area contributed by atoms with E-state index < -0.39 is 0 Å². The number of likely N-dealkylation sites (tertiary alicyclic amines) is 1. The Morgan fingerprint density at radius 3 is 3.17 bits per heavy atom. The second kappa shape index (κ2) is 4.69. The molecule has 0 unspecified atom stereocenters. The summed E-state index contributed by atoms with van der Waals surface area (Å²) in [6, 6.07) is 6.66. The number of carbonyl (C=O) groups is 1. The number of hydrogen-bond donors (Lipinski definition) is 1. The predicted octanol–water partition coefficient (Wildman–Crippen LogP) is 1.19. The van der Waals surface area contributed by atoms with Crippen LogP contribution in [0.15, 0.2) is 24.3 Å². The summed E-state index contributed by atoms with van der Waals surface area (Å²) in [6.45, 7) is 2.78.